The summed E-state index contributed by atoms with van der Waals surface area (Å²) in [5.74, 6) is 1.31. The van der Waals surface area contributed by atoms with Crippen molar-refractivity contribution in [3.63, 3.8) is 0 Å². The van der Waals surface area contributed by atoms with Crippen molar-refractivity contribution in [2.24, 2.45) is 0 Å². The number of ether oxygens (including phenoxy) is 2. The van der Waals surface area contributed by atoms with Gasteiger partial charge in [-0.2, -0.15) is 0 Å². The Morgan fingerprint density at radius 1 is 1.24 bits per heavy atom. The van der Waals surface area contributed by atoms with E-state index in [1.165, 1.54) is 0 Å². The molecule has 8 nitrogen and oxygen atoms in total. The molecule has 1 atom stereocenters. The summed E-state index contributed by atoms with van der Waals surface area (Å²) in [5, 5.41) is 6.52. The van der Waals surface area contributed by atoms with Crippen molar-refractivity contribution < 1.29 is 14.3 Å². The number of likely N-dealkylation sites (tertiary alicyclic amines) is 1. The summed E-state index contributed by atoms with van der Waals surface area (Å²) in [4.78, 5) is 22.7. The molecule has 0 aliphatic carbocycles. The molecule has 2 N–H and O–H groups in total. The lowest BCUT2D eigenvalue weighted by Gasteiger charge is -2.24. The monoisotopic (exact) mass is 399 g/mol. The number of anilines is 2. The SMILES string of the molecule is CNc1cc(-c2cnc(OC)c(NC3CCN(C(=O)OC(C)(C)C)C3)c2)ccn1. The average Bonchev–Trinajstić information content (AvgIpc) is 3.15. The fourth-order valence-corrected chi connectivity index (χ4v) is 3.21. The summed E-state index contributed by atoms with van der Waals surface area (Å²) in [6.07, 6.45) is 4.08. The minimum atomic E-state index is -0.499. The topological polar surface area (TPSA) is 88.6 Å². The lowest BCUT2D eigenvalue weighted by atomic mass is 10.1. The fraction of sp³-hybridized carbons (Fsp3) is 0.476. The predicted molar refractivity (Wildman–Crippen MR) is 113 cm³/mol. The Balaban J connectivity index is 1.74. The van der Waals surface area contributed by atoms with Gasteiger partial charge in [-0.3, -0.25) is 0 Å². The van der Waals surface area contributed by atoms with Gasteiger partial charge in [-0.05, 0) is 51.0 Å². The van der Waals surface area contributed by atoms with E-state index >= 15 is 0 Å². The van der Waals surface area contributed by atoms with E-state index in [-0.39, 0.29) is 12.1 Å². The van der Waals surface area contributed by atoms with Crippen molar-refractivity contribution >= 4 is 17.6 Å². The Hall–Kier alpha value is -3.03. The number of amides is 1. The minimum absolute atomic E-state index is 0.0961. The van der Waals surface area contributed by atoms with E-state index in [2.05, 4.69) is 20.6 Å². The molecule has 1 amide bonds. The molecule has 1 aliphatic heterocycles. The minimum Gasteiger partial charge on any atom is -0.480 e. The summed E-state index contributed by atoms with van der Waals surface area (Å²) in [5.41, 5.74) is 2.25. The Kier molecular flexibility index (Phi) is 6.10. The molecular formula is C21H29N5O3. The molecule has 1 unspecified atom stereocenters. The molecule has 2 aromatic heterocycles. The van der Waals surface area contributed by atoms with Gasteiger partial charge in [-0.25, -0.2) is 14.8 Å². The molecule has 0 saturated carbocycles. The van der Waals surface area contributed by atoms with Crippen LogP contribution >= 0.6 is 0 Å². The zero-order valence-electron chi connectivity index (χ0n) is 17.7. The molecule has 1 fully saturated rings. The summed E-state index contributed by atoms with van der Waals surface area (Å²) in [7, 11) is 3.43. The smallest absolute Gasteiger partial charge is 0.410 e. The molecule has 29 heavy (non-hydrogen) atoms. The number of methoxy groups -OCH3 is 1. The van der Waals surface area contributed by atoms with Gasteiger partial charge in [0.1, 0.15) is 11.4 Å². The standard InChI is InChI=1S/C21H29N5O3/c1-21(2,3)29-20(27)26-9-7-16(13-26)25-17-10-15(12-24-19(17)28-5)14-6-8-23-18(11-14)22-4/h6,8,10-12,16,25H,7,9,13H2,1-5H3,(H,22,23). The lowest BCUT2D eigenvalue weighted by Crippen LogP contribution is -2.36. The van der Waals surface area contributed by atoms with E-state index in [9.17, 15) is 4.79 Å². The molecule has 1 saturated heterocycles. The van der Waals surface area contributed by atoms with Crippen LogP contribution < -0.4 is 15.4 Å². The maximum absolute atomic E-state index is 12.3. The Morgan fingerprint density at radius 3 is 2.72 bits per heavy atom. The Bertz CT molecular complexity index is 866. The highest BCUT2D eigenvalue weighted by Gasteiger charge is 2.30. The number of hydrogen-bond acceptors (Lipinski definition) is 7. The zero-order chi connectivity index (χ0) is 21.0. The van der Waals surface area contributed by atoms with Crippen LogP contribution in [0.1, 0.15) is 27.2 Å². The van der Waals surface area contributed by atoms with Gasteiger partial charge in [0.2, 0.25) is 5.88 Å². The van der Waals surface area contributed by atoms with Crippen molar-refractivity contribution in [1.82, 2.24) is 14.9 Å². The third kappa shape index (κ3) is 5.28. The maximum Gasteiger partial charge on any atom is 0.410 e. The molecule has 8 heteroatoms. The van der Waals surface area contributed by atoms with Gasteiger partial charge < -0.3 is 25.0 Å². The predicted octanol–water partition coefficient (Wildman–Crippen LogP) is 3.62. The van der Waals surface area contributed by atoms with Crippen LogP contribution in [-0.2, 0) is 4.74 Å². The van der Waals surface area contributed by atoms with Gasteiger partial charge in [-0.1, -0.05) is 0 Å². The van der Waals surface area contributed by atoms with Gasteiger partial charge in [0, 0.05) is 44.1 Å². The summed E-state index contributed by atoms with van der Waals surface area (Å²) >= 11 is 0. The number of carbonyl (C=O) groups is 1. The van der Waals surface area contributed by atoms with Gasteiger partial charge in [-0.15, -0.1) is 0 Å². The van der Waals surface area contributed by atoms with Crippen LogP contribution in [0.15, 0.2) is 30.6 Å². The van der Waals surface area contributed by atoms with Crippen LogP contribution in [0, 0.1) is 0 Å². The third-order valence-corrected chi connectivity index (χ3v) is 4.59. The molecule has 2 aromatic rings. The van der Waals surface area contributed by atoms with Crippen LogP contribution in [0.3, 0.4) is 0 Å². The van der Waals surface area contributed by atoms with Gasteiger partial charge >= 0.3 is 6.09 Å². The van der Waals surface area contributed by atoms with Gasteiger partial charge in [0.05, 0.1) is 12.8 Å². The van der Waals surface area contributed by atoms with E-state index < -0.39 is 5.60 Å². The second kappa shape index (κ2) is 8.55. The first-order valence-corrected chi connectivity index (χ1v) is 9.71. The van der Waals surface area contributed by atoms with Crippen molar-refractivity contribution in [3.05, 3.63) is 30.6 Å². The first kappa shape index (κ1) is 20.7. The lowest BCUT2D eigenvalue weighted by molar-refractivity contribution is 0.0293. The molecule has 156 valence electrons. The second-order valence-electron chi connectivity index (χ2n) is 8.02. The highest BCUT2D eigenvalue weighted by molar-refractivity contribution is 5.72. The normalized spacial score (nSPS) is 16.4. The maximum atomic E-state index is 12.3. The largest absolute Gasteiger partial charge is 0.480 e. The van der Waals surface area contributed by atoms with E-state index in [1.54, 1.807) is 24.4 Å². The number of hydrogen-bond donors (Lipinski definition) is 2. The molecule has 3 rings (SSSR count). The highest BCUT2D eigenvalue weighted by atomic mass is 16.6. The Labute approximate surface area is 171 Å². The van der Waals surface area contributed by atoms with Gasteiger partial charge in [0.25, 0.3) is 0 Å². The van der Waals surface area contributed by atoms with Crippen LogP contribution in [0.5, 0.6) is 5.88 Å². The number of nitrogens with one attached hydrogen (secondary N) is 2. The third-order valence-electron chi connectivity index (χ3n) is 4.59. The zero-order valence-corrected chi connectivity index (χ0v) is 17.7. The quantitative estimate of drug-likeness (QED) is 0.794. The van der Waals surface area contributed by atoms with Gasteiger partial charge in [0.15, 0.2) is 0 Å². The summed E-state index contributed by atoms with van der Waals surface area (Å²) < 4.78 is 10.9. The first-order valence-electron chi connectivity index (χ1n) is 9.71. The average molecular weight is 399 g/mol. The van der Waals surface area contributed by atoms with Crippen LogP contribution in [0.25, 0.3) is 11.1 Å². The molecule has 0 radical (unpaired) electrons. The van der Waals surface area contributed by atoms with Crippen molar-refractivity contribution in [1.29, 1.82) is 0 Å². The molecule has 1 aliphatic rings. The van der Waals surface area contributed by atoms with Crippen molar-refractivity contribution in [2.45, 2.75) is 38.8 Å². The molecule has 0 bridgehead atoms. The Morgan fingerprint density at radius 2 is 2.03 bits per heavy atom. The molecule has 3 heterocycles. The number of pyridine rings is 2. The summed E-state index contributed by atoms with van der Waals surface area (Å²) in [6.45, 7) is 6.84. The second-order valence-corrected chi connectivity index (χ2v) is 8.02. The number of nitrogens with zero attached hydrogens (tertiary/aromatic N) is 3. The van der Waals surface area contributed by atoms with Crippen LogP contribution in [-0.4, -0.2) is 59.9 Å². The van der Waals surface area contributed by atoms with Crippen LogP contribution in [0.4, 0.5) is 16.3 Å². The van der Waals surface area contributed by atoms with Crippen molar-refractivity contribution in [2.75, 3.05) is 37.9 Å². The molecule has 0 aromatic carbocycles. The van der Waals surface area contributed by atoms with E-state index in [0.29, 0.717) is 19.0 Å². The number of carbonyl (C=O) groups excluding carboxylic acids is 1. The molecular weight excluding hydrogens is 370 g/mol. The summed E-state index contributed by atoms with van der Waals surface area (Å²) in [6, 6.07) is 6.01. The van der Waals surface area contributed by atoms with E-state index in [0.717, 1.165) is 29.1 Å². The van der Waals surface area contributed by atoms with Crippen molar-refractivity contribution in [3.8, 4) is 17.0 Å². The first-order chi connectivity index (χ1) is 13.8. The highest BCUT2D eigenvalue weighted by Crippen LogP contribution is 2.30. The number of rotatable bonds is 5. The molecule has 0 spiro atoms. The van der Waals surface area contributed by atoms with Crippen LogP contribution in [0.2, 0.25) is 0 Å². The number of aromatic nitrogens is 2. The van der Waals surface area contributed by atoms with E-state index in [1.807, 2.05) is 46.0 Å². The van der Waals surface area contributed by atoms with E-state index in [4.69, 9.17) is 9.47 Å². The fourth-order valence-electron chi connectivity index (χ4n) is 3.21.